The summed E-state index contributed by atoms with van der Waals surface area (Å²) in [6.07, 6.45) is 0.506. The van der Waals surface area contributed by atoms with Crippen molar-refractivity contribution in [1.29, 1.82) is 0 Å². The number of benzene rings is 1. The summed E-state index contributed by atoms with van der Waals surface area (Å²) in [7, 11) is 0. The van der Waals surface area contributed by atoms with E-state index in [-0.39, 0.29) is 17.3 Å². The molecule has 1 atom stereocenters. The number of hydrogen-bond acceptors (Lipinski definition) is 4. The Bertz CT molecular complexity index is 560. The van der Waals surface area contributed by atoms with Gasteiger partial charge < -0.3 is 10.3 Å². The molecular weight excluding hydrogens is 245 g/mol. The van der Waals surface area contributed by atoms with E-state index in [0.29, 0.717) is 23.7 Å². The first-order valence-electron chi connectivity index (χ1n) is 6.20. The second-order valence-corrected chi connectivity index (χ2v) is 5.70. The summed E-state index contributed by atoms with van der Waals surface area (Å²) >= 11 is 0. The van der Waals surface area contributed by atoms with Crippen molar-refractivity contribution in [3.8, 4) is 11.4 Å². The fraction of sp³-hybridized carbons (Fsp3) is 0.429. The summed E-state index contributed by atoms with van der Waals surface area (Å²) in [6.45, 7) is 6.17. The lowest BCUT2D eigenvalue weighted by Gasteiger charge is -2.25. The van der Waals surface area contributed by atoms with E-state index in [1.165, 1.54) is 12.1 Å². The standard InChI is InChI=1S/C14H18FN3O/c1-14(2,3)11(16)8-12-17-13(18-19-12)9-5-4-6-10(15)7-9/h4-7,11H,8,16H2,1-3H3. The summed E-state index contributed by atoms with van der Waals surface area (Å²) in [4.78, 5) is 4.25. The van der Waals surface area contributed by atoms with Crippen molar-refractivity contribution in [2.24, 2.45) is 11.1 Å². The van der Waals surface area contributed by atoms with E-state index < -0.39 is 0 Å². The second kappa shape index (κ2) is 5.09. The van der Waals surface area contributed by atoms with Crippen LogP contribution in [0, 0.1) is 11.2 Å². The van der Waals surface area contributed by atoms with E-state index in [2.05, 4.69) is 30.9 Å². The van der Waals surface area contributed by atoms with Crippen LogP contribution in [0.25, 0.3) is 11.4 Å². The van der Waals surface area contributed by atoms with Gasteiger partial charge in [-0.1, -0.05) is 38.1 Å². The molecule has 0 saturated carbocycles. The van der Waals surface area contributed by atoms with Gasteiger partial charge in [0, 0.05) is 18.0 Å². The Morgan fingerprint density at radius 2 is 2.11 bits per heavy atom. The number of nitrogens with zero attached hydrogens (tertiary/aromatic N) is 2. The van der Waals surface area contributed by atoms with Crippen LogP contribution in [0.1, 0.15) is 26.7 Å². The van der Waals surface area contributed by atoms with Crippen molar-refractivity contribution in [1.82, 2.24) is 10.1 Å². The van der Waals surface area contributed by atoms with Gasteiger partial charge in [-0.3, -0.25) is 0 Å². The van der Waals surface area contributed by atoms with Crippen LogP contribution in [0.4, 0.5) is 4.39 Å². The maximum Gasteiger partial charge on any atom is 0.228 e. The molecule has 1 heterocycles. The van der Waals surface area contributed by atoms with Gasteiger partial charge in [0.15, 0.2) is 0 Å². The highest BCUT2D eigenvalue weighted by atomic mass is 19.1. The summed E-state index contributed by atoms with van der Waals surface area (Å²) in [5, 5.41) is 3.85. The Kier molecular flexibility index (Phi) is 3.66. The highest BCUT2D eigenvalue weighted by Gasteiger charge is 2.23. The lowest BCUT2D eigenvalue weighted by atomic mass is 9.85. The molecule has 0 aliphatic heterocycles. The first-order valence-corrected chi connectivity index (χ1v) is 6.20. The summed E-state index contributed by atoms with van der Waals surface area (Å²) < 4.78 is 18.3. The van der Waals surface area contributed by atoms with Crippen LogP contribution in [0.3, 0.4) is 0 Å². The van der Waals surface area contributed by atoms with E-state index in [4.69, 9.17) is 10.3 Å². The van der Waals surface area contributed by atoms with Crippen LogP contribution in [-0.4, -0.2) is 16.2 Å². The number of nitrogens with two attached hydrogens (primary N) is 1. The molecule has 0 bridgehead atoms. The zero-order valence-corrected chi connectivity index (χ0v) is 11.4. The Labute approximate surface area is 111 Å². The smallest absolute Gasteiger partial charge is 0.228 e. The average Bonchev–Trinajstić information content (AvgIpc) is 2.76. The Balaban J connectivity index is 2.16. The van der Waals surface area contributed by atoms with Crippen molar-refractivity contribution < 1.29 is 8.91 Å². The largest absolute Gasteiger partial charge is 0.339 e. The minimum Gasteiger partial charge on any atom is -0.339 e. The van der Waals surface area contributed by atoms with Gasteiger partial charge in [0.1, 0.15) is 5.82 Å². The third-order valence-electron chi connectivity index (χ3n) is 3.06. The fourth-order valence-corrected chi connectivity index (χ4v) is 1.58. The Hall–Kier alpha value is -1.75. The first kappa shape index (κ1) is 13.7. The third-order valence-corrected chi connectivity index (χ3v) is 3.06. The molecule has 4 nitrogen and oxygen atoms in total. The van der Waals surface area contributed by atoms with Crippen molar-refractivity contribution >= 4 is 0 Å². The van der Waals surface area contributed by atoms with E-state index in [1.54, 1.807) is 12.1 Å². The number of halogens is 1. The van der Waals surface area contributed by atoms with Gasteiger partial charge >= 0.3 is 0 Å². The maximum atomic E-state index is 13.1. The average molecular weight is 263 g/mol. The van der Waals surface area contributed by atoms with Crippen LogP contribution < -0.4 is 5.73 Å². The van der Waals surface area contributed by atoms with Crippen molar-refractivity contribution in [3.63, 3.8) is 0 Å². The van der Waals surface area contributed by atoms with Crippen LogP contribution >= 0.6 is 0 Å². The molecule has 1 unspecified atom stereocenters. The van der Waals surface area contributed by atoms with Gasteiger partial charge in [-0.15, -0.1) is 0 Å². The number of rotatable bonds is 3. The lowest BCUT2D eigenvalue weighted by Crippen LogP contribution is -2.36. The Morgan fingerprint density at radius 1 is 1.37 bits per heavy atom. The predicted molar refractivity (Wildman–Crippen MR) is 70.8 cm³/mol. The summed E-state index contributed by atoms with van der Waals surface area (Å²) in [5.41, 5.74) is 6.63. The highest BCUT2D eigenvalue weighted by molar-refractivity contribution is 5.53. The Morgan fingerprint density at radius 3 is 2.74 bits per heavy atom. The molecule has 2 N–H and O–H groups in total. The van der Waals surface area contributed by atoms with Gasteiger partial charge in [0.05, 0.1) is 0 Å². The van der Waals surface area contributed by atoms with Gasteiger partial charge in [0.2, 0.25) is 11.7 Å². The molecule has 1 aromatic heterocycles. The maximum absolute atomic E-state index is 13.1. The molecule has 1 aromatic carbocycles. The minimum absolute atomic E-state index is 0.0342. The van der Waals surface area contributed by atoms with Crippen molar-refractivity contribution in [2.45, 2.75) is 33.2 Å². The molecule has 5 heteroatoms. The van der Waals surface area contributed by atoms with Crippen molar-refractivity contribution in [2.75, 3.05) is 0 Å². The minimum atomic E-state index is -0.324. The van der Waals surface area contributed by atoms with Gasteiger partial charge in [0.25, 0.3) is 0 Å². The molecule has 2 aromatic rings. The molecule has 0 amide bonds. The number of hydrogen-bond donors (Lipinski definition) is 1. The van der Waals surface area contributed by atoms with E-state index in [0.717, 1.165) is 0 Å². The SMILES string of the molecule is CC(C)(C)C(N)Cc1nc(-c2cccc(F)c2)no1. The molecular formula is C14H18FN3O. The van der Waals surface area contributed by atoms with E-state index >= 15 is 0 Å². The second-order valence-electron chi connectivity index (χ2n) is 5.70. The molecule has 0 saturated heterocycles. The molecule has 0 radical (unpaired) electrons. The molecule has 0 aliphatic carbocycles. The summed E-state index contributed by atoms with van der Waals surface area (Å²) in [5.74, 6) is 0.535. The molecule has 0 fully saturated rings. The van der Waals surface area contributed by atoms with Gasteiger partial charge in [-0.2, -0.15) is 4.98 Å². The predicted octanol–water partition coefficient (Wildman–Crippen LogP) is 2.79. The van der Waals surface area contributed by atoms with Crippen molar-refractivity contribution in [3.05, 3.63) is 36.0 Å². The fourth-order valence-electron chi connectivity index (χ4n) is 1.58. The zero-order chi connectivity index (χ0) is 14.0. The van der Waals surface area contributed by atoms with Crippen LogP contribution in [0.15, 0.2) is 28.8 Å². The van der Waals surface area contributed by atoms with Crippen LogP contribution in [0.2, 0.25) is 0 Å². The van der Waals surface area contributed by atoms with Gasteiger partial charge in [-0.25, -0.2) is 4.39 Å². The van der Waals surface area contributed by atoms with E-state index in [9.17, 15) is 4.39 Å². The van der Waals surface area contributed by atoms with Crippen LogP contribution in [0.5, 0.6) is 0 Å². The first-order chi connectivity index (χ1) is 8.86. The normalized spacial score (nSPS) is 13.5. The topological polar surface area (TPSA) is 64.9 Å². The van der Waals surface area contributed by atoms with Crippen LogP contribution in [-0.2, 0) is 6.42 Å². The summed E-state index contributed by atoms with van der Waals surface area (Å²) in [6, 6.07) is 6.02. The highest BCUT2D eigenvalue weighted by Crippen LogP contribution is 2.22. The monoisotopic (exact) mass is 263 g/mol. The van der Waals surface area contributed by atoms with Gasteiger partial charge in [-0.05, 0) is 17.5 Å². The molecule has 19 heavy (non-hydrogen) atoms. The quantitative estimate of drug-likeness (QED) is 0.924. The van der Waals surface area contributed by atoms with E-state index in [1.807, 2.05) is 0 Å². The molecule has 0 aliphatic rings. The molecule has 102 valence electrons. The number of aromatic nitrogens is 2. The molecule has 0 spiro atoms. The lowest BCUT2D eigenvalue weighted by molar-refractivity contribution is 0.286. The third kappa shape index (κ3) is 3.38. The zero-order valence-electron chi connectivity index (χ0n) is 11.4. The molecule has 2 rings (SSSR count).